The maximum absolute atomic E-state index is 12.5. The summed E-state index contributed by atoms with van der Waals surface area (Å²) >= 11 is 1.60. The van der Waals surface area contributed by atoms with Crippen molar-refractivity contribution in [2.75, 3.05) is 0 Å². The summed E-state index contributed by atoms with van der Waals surface area (Å²) in [5, 5.41) is 0.722. The van der Waals surface area contributed by atoms with Gasteiger partial charge in [0.2, 0.25) is 0 Å². The number of rotatable bonds is 1. The standard InChI is InChI=1S/C15H14N4O2S/c1-7-2-3-8-10(4-7)22-15-12(8)14(21)18-13(19-15)9-5-17-11(20)6-16-9/h5-7H,2-4H2,1H3,(H,17,20)(H,18,19,21). The van der Waals surface area contributed by atoms with Crippen LogP contribution in [0, 0.1) is 5.92 Å². The number of thiophene rings is 1. The molecular weight excluding hydrogens is 300 g/mol. The molecule has 0 amide bonds. The Bertz CT molecular complexity index is 965. The van der Waals surface area contributed by atoms with Gasteiger partial charge in [0, 0.05) is 11.1 Å². The summed E-state index contributed by atoms with van der Waals surface area (Å²) in [5.74, 6) is 1.04. The first-order chi connectivity index (χ1) is 10.6. The van der Waals surface area contributed by atoms with Crippen LogP contribution in [-0.4, -0.2) is 19.9 Å². The Balaban J connectivity index is 1.92. The molecule has 0 fully saturated rings. The number of hydrogen-bond donors (Lipinski definition) is 2. The van der Waals surface area contributed by atoms with Gasteiger partial charge in [0.1, 0.15) is 10.5 Å². The van der Waals surface area contributed by atoms with Gasteiger partial charge in [-0.2, -0.15) is 0 Å². The molecule has 22 heavy (non-hydrogen) atoms. The Hall–Kier alpha value is -2.28. The van der Waals surface area contributed by atoms with Crippen LogP contribution in [-0.2, 0) is 12.8 Å². The second-order valence-electron chi connectivity index (χ2n) is 5.74. The first-order valence-corrected chi connectivity index (χ1v) is 8.03. The summed E-state index contributed by atoms with van der Waals surface area (Å²) in [4.78, 5) is 39.5. The summed E-state index contributed by atoms with van der Waals surface area (Å²) in [6, 6.07) is 0. The largest absolute Gasteiger partial charge is 0.325 e. The molecule has 0 saturated heterocycles. The van der Waals surface area contributed by atoms with Crippen molar-refractivity contribution in [2.45, 2.75) is 26.2 Å². The zero-order chi connectivity index (χ0) is 15.3. The minimum atomic E-state index is -0.284. The normalized spacial score (nSPS) is 17.6. The zero-order valence-electron chi connectivity index (χ0n) is 12.0. The molecule has 4 rings (SSSR count). The van der Waals surface area contributed by atoms with Gasteiger partial charge in [0.05, 0.1) is 11.6 Å². The van der Waals surface area contributed by atoms with Gasteiger partial charge in [-0.15, -0.1) is 11.3 Å². The second kappa shape index (κ2) is 4.88. The molecule has 3 aromatic heterocycles. The average molecular weight is 314 g/mol. The van der Waals surface area contributed by atoms with Crippen molar-refractivity contribution in [3.05, 3.63) is 43.5 Å². The quantitative estimate of drug-likeness (QED) is 0.717. The van der Waals surface area contributed by atoms with Crippen molar-refractivity contribution in [3.8, 4) is 11.5 Å². The lowest BCUT2D eigenvalue weighted by molar-refractivity contribution is 0.509. The lowest BCUT2D eigenvalue weighted by atomic mass is 9.89. The van der Waals surface area contributed by atoms with Crippen LogP contribution < -0.4 is 11.1 Å². The molecule has 3 heterocycles. The van der Waals surface area contributed by atoms with Gasteiger partial charge in [0.25, 0.3) is 11.1 Å². The number of nitrogens with zero attached hydrogens (tertiary/aromatic N) is 2. The molecule has 0 aromatic carbocycles. The lowest BCUT2D eigenvalue weighted by Crippen LogP contribution is -2.14. The van der Waals surface area contributed by atoms with Gasteiger partial charge < -0.3 is 9.97 Å². The maximum Gasteiger partial charge on any atom is 0.266 e. The SMILES string of the molecule is CC1CCc2c(sc3nc(-c4c[nH]c(=O)cn4)[nH]c(=O)c23)C1. The summed E-state index contributed by atoms with van der Waals surface area (Å²) in [6.07, 6.45) is 5.71. The van der Waals surface area contributed by atoms with Gasteiger partial charge in [-0.25, -0.2) is 9.97 Å². The highest BCUT2D eigenvalue weighted by atomic mass is 32.1. The summed E-state index contributed by atoms with van der Waals surface area (Å²) in [7, 11) is 0. The highest BCUT2D eigenvalue weighted by molar-refractivity contribution is 7.18. The predicted octanol–water partition coefficient (Wildman–Crippen LogP) is 1.86. The van der Waals surface area contributed by atoms with Crippen LogP contribution in [0.4, 0.5) is 0 Å². The Kier molecular flexibility index (Phi) is 2.97. The highest BCUT2D eigenvalue weighted by Gasteiger charge is 2.23. The number of fused-ring (bicyclic) bond motifs is 3. The Morgan fingerprint density at radius 3 is 3.00 bits per heavy atom. The van der Waals surface area contributed by atoms with Crippen molar-refractivity contribution in [3.63, 3.8) is 0 Å². The molecule has 0 spiro atoms. The third kappa shape index (κ3) is 2.09. The van der Waals surface area contributed by atoms with Crippen LogP contribution in [0.1, 0.15) is 23.8 Å². The van der Waals surface area contributed by atoms with Crippen molar-refractivity contribution < 1.29 is 0 Å². The Morgan fingerprint density at radius 2 is 2.23 bits per heavy atom. The molecule has 1 aliphatic rings. The van der Waals surface area contributed by atoms with E-state index in [1.54, 1.807) is 11.3 Å². The smallest absolute Gasteiger partial charge is 0.266 e. The molecule has 112 valence electrons. The van der Waals surface area contributed by atoms with Crippen LogP contribution >= 0.6 is 11.3 Å². The molecule has 0 aliphatic heterocycles. The van der Waals surface area contributed by atoms with Crippen molar-refractivity contribution in [1.82, 2.24) is 19.9 Å². The minimum Gasteiger partial charge on any atom is -0.325 e. The average Bonchev–Trinajstić information content (AvgIpc) is 2.85. The van der Waals surface area contributed by atoms with Crippen LogP contribution in [0.25, 0.3) is 21.7 Å². The Morgan fingerprint density at radius 1 is 1.36 bits per heavy atom. The van der Waals surface area contributed by atoms with Crippen molar-refractivity contribution in [1.29, 1.82) is 0 Å². The minimum absolute atomic E-state index is 0.125. The van der Waals surface area contributed by atoms with E-state index in [4.69, 9.17) is 0 Å². The fourth-order valence-corrected chi connectivity index (χ4v) is 4.33. The Labute approximate surface area is 129 Å². The molecule has 3 aromatic rings. The predicted molar refractivity (Wildman–Crippen MR) is 85.3 cm³/mol. The summed E-state index contributed by atoms with van der Waals surface area (Å²) < 4.78 is 0. The number of aryl methyl sites for hydroxylation is 1. The molecule has 0 radical (unpaired) electrons. The molecule has 2 N–H and O–H groups in total. The van der Waals surface area contributed by atoms with Crippen LogP contribution in [0.15, 0.2) is 22.0 Å². The molecule has 1 atom stereocenters. The van der Waals surface area contributed by atoms with Gasteiger partial charge in [-0.05, 0) is 30.7 Å². The van der Waals surface area contributed by atoms with Gasteiger partial charge >= 0.3 is 0 Å². The number of nitrogens with one attached hydrogen (secondary N) is 2. The topological polar surface area (TPSA) is 91.5 Å². The van der Waals surface area contributed by atoms with E-state index >= 15 is 0 Å². The third-order valence-corrected chi connectivity index (χ3v) is 5.23. The van der Waals surface area contributed by atoms with Crippen LogP contribution in [0.2, 0.25) is 0 Å². The van der Waals surface area contributed by atoms with E-state index in [9.17, 15) is 9.59 Å². The van der Waals surface area contributed by atoms with E-state index in [1.807, 2.05) is 0 Å². The first kappa shape index (κ1) is 13.4. The van der Waals surface area contributed by atoms with E-state index in [2.05, 4.69) is 26.9 Å². The van der Waals surface area contributed by atoms with E-state index in [-0.39, 0.29) is 11.1 Å². The number of aromatic amines is 2. The number of H-pyrrole nitrogens is 2. The monoisotopic (exact) mass is 314 g/mol. The summed E-state index contributed by atoms with van der Waals surface area (Å²) in [6.45, 7) is 2.24. The van der Waals surface area contributed by atoms with Crippen molar-refractivity contribution in [2.24, 2.45) is 5.92 Å². The first-order valence-electron chi connectivity index (χ1n) is 7.21. The molecule has 6 nitrogen and oxygen atoms in total. The molecule has 1 aliphatic carbocycles. The fourth-order valence-electron chi connectivity index (χ4n) is 2.94. The zero-order valence-corrected chi connectivity index (χ0v) is 12.8. The molecule has 1 unspecified atom stereocenters. The molecule has 0 bridgehead atoms. The van der Waals surface area contributed by atoms with Crippen molar-refractivity contribution >= 4 is 21.6 Å². The lowest BCUT2D eigenvalue weighted by Gasteiger charge is -2.17. The van der Waals surface area contributed by atoms with Gasteiger partial charge in [-0.1, -0.05) is 6.92 Å². The van der Waals surface area contributed by atoms with E-state index in [0.29, 0.717) is 17.4 Å². The van der Waals surface area contributed by atoms with E-state index in [0.717, 1.165) is 35.0 Å². The summed E-state index contributed by atoms with van der Waals surface area (Å²) in [5.41, 5.74) is 1.21. The second-order valence-corrected chi connectivity index (χ2v) is 6.83. The fraction of sp³-hybridized carbons (Fsp3) is 0.333. The van der Waals surface area contributed by atoms with Gasteiger partial charge in [-0.3, -0.25) is 9.59 Å². The number of aromatic nitrogens is 4. The molecular formula is C15H14N4O2S. The molecule has 0 saturated carbocycles. The maximum atomic E-state index is 12.5. The number of hydrogen-bond acceptors (Lipinski definition) is 5. The van der Waals surface area contributed by atoms with E-state index in [1.165, 1.54) is 17.3 Å². The highest BCUT2D eigenvalue weighted by Crippen LogP contribution is 2.35. The van der Waals surface area contributed by atoms with E-state index < -0.39 is 0 Å². The third-order valence-electron chi connectivity index (χ3n) is 4.08. The van der Waals surface area contributed by atoms with Crippen LogP contribution in [0.5, 0.6) is 0 Å². The van der Waals surface area contributed by atoms with Crippen LogP contribution in [0.3, 0.4) is 0 Å². The molecule has 7 heteroatoms. The van der Waals surface area contributed by atoms with Gasteiger partial charge in [0.15, 0.2) is 5.82 Å².